The van der Waals surface area contributed by atoms with Crippen LogP contribution in [0.4, 0.5) is 0 Å². The third-order valence-corrected chi connectivity index (χ3v) is 3.57. The van der Waals surface area contributed by atoms with Gasteiger partial charge in [-0.1, -0.05) is 0 Å². The van der Waals surface area contributed by atoms with Gasteiger partial charge >= 0.3 is 5.97 Å². The fraction of sp³-hybridized carbons (Fsp3) is 0.467. The summed E-state index contributed by atoms with van der Waals surface area (Å²) in [5, 5.41) is 20.1. The van der Waals surface area contributed by atoms with E-state index in [2.05, 4.69) is 9.73 Å². The van der Waals surface area contributed by atoms with Gasteiger partial charge in [0.15, 0.2) is 17.6 Å². The minimum Gasteiger partial charge on any atom is -0.493 e. The Morgan fingerprint density at radius 1 is 1.18 bits per heavy atom. The van der Waals surface area contributed by atoms with Gasteiger partial charge in [-0.25, -0.2) is 4.79 Å². The molecule has 0 spiro atoms. The summed E-state index contributed by atoms with van der Waals surface area (Å²) in [6.07, 6.45) is -2.49. The van der Waals surface area contributed by atoms with E-state index in [1.807, 2.05) is 0 Å². The number of nitrogens with zero attached hydrogens (tertiary/aromatic N) is 1. The molecule has 7 heteroatoms. The third-order valence-electron chi connectivity index (χ3n) is 3.57. The quantitative estimate of drug-likeness (QED) is 0.740. The lowest BCUT2D eigenvalue weighted by Gasteiger charge is -2.24. The summed E-state index contributed by atoms with van der Waals surface area (Å²) in [6.45, 7) is 0.447. The number of ether oxygens (including phenoxy) is 3. The third kappa shape index (κ3) is 2.90. The summed E-state index contributed by atoms with van der Waals surface area (Å²) in [5.41, 5.74) is 1.76. The van der Waals surface area contributed by atoms with Gasteiger partial charge in [0.05, 0.1) is 27.0 Å². The van der Waals surface area contributed by atoms with Crippen molar-refractivity contribution in [3.63, 3.8) is 0 Å². The molecular formula is C15H19NO6. The zero-order chi connectivity index (χ0) is 16.3. The Hall–Kier alpha value is -2.12. The van der Waals surface area contributed by atoms with Gasteiger partial charge in [0.1, 0.15) is 6.10 Å². The molecule has 0 unspecified atom stereocenters. The first-order valence-corrected chi connectivity index (χ1v) is 6.77. The van der Waals surface area contributed by atoms with E-state index in [0.717, 1.165) is 12.7 Å². The maximum atomic E-state index is 11.4. The number of hydrogen-bond acceptors (Lipinski definition) is 7. The fourth-order valence-corrected chi connectivity index (χ4v) is 2.40. The molecule has 0 radical (unpaired) electrons. The van der Waals surface area contributed by atoms with Crippen LogP contribution in [-0.2, 0) is 16.0 Å². The fourth-order valence-electron chi connectivity index (χ4n) is 2.40. The van der Waals surface area contributed by atoms with Crippen LogP contribution in [0.5, 0.6) is 11.5 Å². The molecule has 2 atom stereocenters. The predicted octanol–water partition coefficient (Wildman–Crippen LogP) is -0.0562. The van der Waals surface area contributed by atoms with E-state index >= 15 is 0 Å². The minimum atomic E-state index is -1.69. The van der Waals surface area contributed by atoms with Gasteiger partial charge in [-0.3, -0.25) is 4.99 Å². The molecule has 1 aromatic rings. The van der Waals surface area contributed by atoms with Crippen LogP contribution in [0.1, 0.15) is 11.1 Å². The van der Waals surface area contributed by atoms with E-state index < -0.39 is 18.2 Å². The minimum absolute atomic E-state index is 0.236. The maximum absolute atomic E-state index is 11.4. The van der Waals surface area contributed by atoms with Crippen molar-refractivity contribution in [1.82, 2.24) is 0 Å². The first kappa shape index (κ1) is 16.3. The van der Waals surface area contributed by atoms with Crippen molar-refractivity contribution in [3.05, 3.63) is 23.3 Å². The molecule has 2 rings (SSSR count). The van der Waals surface area contributed by atoms with E-state index in [4.69, 9.17) is 9.47 Å². The second kappa shape index (κ2) is 6.76. The number of methoxy groups -OCH3 is 3. The molecule has 0 saturated heterocycles. The molecule has 1 aliphatic heterocycles. The van der Waals surface area contributed by atoms with Crippen molar-refractivity contribution in [2.24, 2.45) is 4.99 Å². The Balaban J connectivity index is 2.41. The Kier molecular flexibility index (Phi) is 4.99. The van der Waals surface area contributed by atoms with Crippen molar-refractivity contribution in [1.29, 1.82) is 0 Å². The number of hydrogen-bond donors (Lipinski definition) is 2. The molecule has 0 aliphatic carbocycles. The van der Waals surface area contributed by atoms with Crippen LogP contribution < -0.4 is 9.47 Å². The van der Waals surface area contributed by atoms with Gasteiger partial charge in [-0.2, -0.15) is 0 Å². The Morgan fingerprint density at radius 3 is 2.41 bits per heavy atom. The van der Waals surface area contributed by atoms with Gasteiger partial charge < -0.3 is 24.4 Å². The number of esters is 1. The Labute approximate surface area is 128 Å². The van der Waals surface area contributed by atoms with Crippen LogP contribution in [0.3, 0.4) is 0 Å². The SMILES string of the molecule is COC(=O)[C@H](O)[C@@H](O)C1=NCCc2cc(OC)c(OC)cc21. The average Bonchev–Trinajstić information content (AvgIpc) is 2.57. The highest BCUT2D eigenvalue weighted by molar-refractivity contribution is 6.08. The second-order valence-corrected chi connectivity index (χ2v) is 4.79. The van der Waals surface area contributed by atoms with Crippen LogP contribution in [0.2, 0.25) is 0 Å². The summed E-state index contributed by atoms with van der Waals surface area (Å²) >= 11 is 0. The largest absolute Gasteiger partial charge is 0.493 e. The van der Waals surface area contributed by atoms with E-state index in [-0.39, 0.29) is 5.71 Å². The van der Waals surface area contributed by atoms with E-state index in [1.54, 1.807) is 12.1 Å². The molecule has 0 amide bonds. The lowest BCUT2D eigenvalue weighted by molar-refractivity contribution is -0.154. The molecule has 0 saturated carbocycles. The first-order chi connectivity index (χ1) is 10.5. The lowest BCUT2D eigenvalue weighted by Crippen LogP contribution is -2.42. The maximum Gasteiger partial charge on any atom is 0.337 e. The molecule has 0 bridgehead atoms. The smallest absolute Gasteiger partial charge is 0.337 e. The summed E-state index contributed by atoms with van der Waals surface area (Å²) in [5.74, 6) is 0.143. The summed E-state index contributed by atoms with van der Waals surface area (Å²) < 4.78 is 14.9. The van der Waals surface area contributed by atoms with Gasteiger partial charge in [-0.15, -0.1) is 0 Å². The van der Waals surface area contributed by atoms with Gasteiger partial charge in [-0.05, 0) is 24.1 Å². The molecule has 0 aromatic heterocycles. The number of carbonyl (C=O) groups is 1. The van der Waals surface area contributed by atoms with Gasteiger partial charge in [0, 0.05) is 12.1 Å². The van der Waals surface area contributed by atoms with Crippen LogP contribution in [0, 0.1) is 0 Å². The number of rotatable bonds is 5. The average molecular weight is 309 g/mol. The van der Waals surface area contributed by atoms with Crippen LogP contribution >= 0.6 is 0 Å². The molecule has 22 heavy (non-hydrogen) atoms. The molecule has 1 aromatic carbocycles. The molecule has 1 aliphatic rings. The number of carbonyl (C=O) groups excluding carboxylic acids is 1. The highest BCUT2D eigenvalue weighted by Crippen LogP contribution is 2.33. The number of benzene rings is 1. The Bertz CT molecular complexity index is 598. The van der Waals surface area contributed by atoms with Crippen LogP contribution in [0.25, 0.3) is 0 Å². The van der Waals surface area contributed by atoms with Gasteiger partial charge in [0.25, 0.3) is 0 Å². The van der Waals surface area contributed by atoms with E-state index in [1.165, 1.54) is 14.2 Å². The van der Waals surface area contributed by atoms with Crippen molar-refractivity contribution in [3.8, 4) is 11.5 Å². The van der Waals surface area contributed by atoms with E-state index in [0.29, 0.717) is 30.0 Å². The highest BCUT2D eigenvalue weighted by Gasteiger charge is 2.32. The van der Waals surface area contributed by atoms with Crippen LogP contribution in [0.15, 0.2) is 17.1 Å². The number of aliphatic hydroxyl groups is 2. The molecule has 1 heterocycles. The zero-order valence-corrected chi connectivity index (χ0v) is 12.7. The molecule has 120 valence electrons. The zero-order valence-electron chi connectivity index (χ0n) is 12.7. The first-order valence-electron chi connectivity index (χ1n) is 6.77. The standard InChI is InChI=1S/C15H19NO6/c1-20-10-6-8-4-5-16-12(9(8)7-11(10)21-2)13(17)14(18)15(19)22-3/h6-7,13-14,17-18H,4-5H2,1-3H3/t13-,14+/m0/s1. The van der Waals surface area contributed by atoms with Crippen molar-refractivity contribution in [2.75, 3.05) is 27.9 Å². The normalized spacial score (nSPS) is 16.1. The highest BCUT2D eigenvalue weighted by atomic mass is 16.5. The molecule has 2 N–H and O–H groups in total. The molecule has 7 nitrogen and oxygen atoms in total. The van der Waals surface area contributed by atoms with E-state index in [9.17, 15) is 15.0 Å². The predicted molar refractivity (Wildman–Crippen MR) is 78.7 cm³/mol. The van der Waals surface area contributed by atoms with Crippen molar-refractivity contribution < 1.29 is 29.2 Å². The van der Waals surface area contributed by atoms with Crippen LogP contribution in [-0.4, -0.2) is 62.0 Å². The monoisotopic (exact) mass is 309 g/mol. The Morgan fingerprint density at radius 2 is 1.82 bits per heavy atom. The second-order valence-electron chi connectivity index (χ2n) is 4.79. The molecular weight excluding hydrogens is 290 g/mol. The molecule has 0 fully saturated rings. The summed E-state index contributed by atoms with van der Waals surface area (Å²) in [6, 6.07) is 3.49. The number of aliphatic imine (C=N–C) groups is 1. The summed E-state index contributed by atoms with van der Waals surface area (Å²) in [7, 11) is 4.18. The number of fused-ring (bicyclic) bond motifs is 1. The van der Waals surface area contributed by atoms with Gasteiger partial charge in [0.2, 0.25) is 0 Å². The van der Waals surface area contributed by atoms with Crippen molar-refractivity contribution >= 4 is 11.7 Å². The lowest BCUT2D eigenvalue weighted by atomic mass is 9.92. The summed E-state index contributed by atoms with van der Waals surface area (Å²) in [4.78, 5) is 15.6. The topological polar surface area (TPSA) is 97.6 Å². The number of aliphatic hydroxyl groups excluding tert-OH is 2. The van der Waals surface area contributed by atoms with Crippen molar-refractivity contribution in [2.45, 2.75) is 18.6 Å².